The van der Waals surface area contributed by atoms with Crippen molar-refractivity contribution in [3.63, 3.8) is 0 Å². The van der Waals surface area contributed by atoms with Crippen LogP contribution in [0.25, 0.3) is 0 Å². The van der Waals surface area contributed by atoms with Gasteiger partial charge in [-0.3, -0.25) is 9.78 Å². The first-order chi connectivity index (χ1) is 16.5. The summed E-state index contributed by atoms with van der Waals surface area (Å²) >= 11 is 0. The number of oxime groups is 1. The van der Waals surface area contributed by atoms with E-state index in [1.807, 2.05) is 6.92 Å². The monoisotopic (exact) mass is 465 g/mol. The number of nitrogens with zero attached hydrogens (tertiary/aromatic N) is 3. The Morgan fingerprint density at radius 1 is 1.09 bits per heavy atom. The Balaban J connectivity index is 1.67. The van der Waals surface area contributed by atoms with Gasteiger partial charge in [0.25, 0.3) is 5.91 Å². The highest BCUT2D eigenvalue weighted by Gasteiger charge is 2.24. The fourth-order valence-electron chi connectivity index (χ4n) is 4.13. The van der Waals surface area contributed by atoms with Crippen LogP contribution in [0.2, 0.25) is 0 Å². The van der Waals surface area contributed by atoms with E-state index in [1.165, 1.54) is 12.1 Å². The van der Waals surface area contributed by atoms with Crippen LogP contribution < -0.4 is 0 Å². The van der Waals surface area contributed by atoms with Crippen molar-refractivity contribution < 1.29 is 23.5 Å². The zero-order valence-corrected chi connectivity index (χ0v) is 18.7. The molecule has 1 fully saturated rings. The molecule has 0 spiro atoms. The Kier molecular flexibility index (Phi) is 7.27. The summed E-state index contributed by atoms with van der Waals surface area (Å²) in [6.45, 7) is 3.90. The number of aryl methyl sites for hydroxylation is 1. The second-order valence-electron chi connectivity index (χ2n) is 8.18. The van der Waals surface area contributed by atoms with E-state index in [4.69, 9.17) is 4.74 Å². The molecule has 1 aliphatic heterocycles. The van der Waals surface area contributed by atoms with Crippen LogP contribution in [0.1, 0.15) is 45.1 Å². The lowest BCUT2D eigenvalue weighted by Crippen LogP contribution is -2.40. The Morgan fingerprint density at radius 3 is 2.47 bits per heavy atom. The molecule has 1 unspecified atom stereocenters. The number of carbonyl (C=O) groups excluding carboxylic acids is 1. The average molecular weight is 466 g/mol. The van der Waals surface area contributed by atoms with Gasteiger partial charge in [-0.05, 0) is 48.4 Å². The maximum Gasteiger partial charge on any atom is 0.254 e. The number of hydrogen-bond donors (Lipinski definition) is 1. The molecular formula is C26H25F2N3O3. The number of rotatable bonds is 6. The number of hydrogen-bond acceptors (Lipinski definition) is 5. The number of pyridine rings is 1. The van der Waals surface area contributed by atoms with E-state index in [0.717, 1.165) is 11.8 Å². The first-order valence-corrected chi connectivity index (χ1v) is 11.0. The van der Waals surface area contributed by atoms with Crippen LogP contribution in [0.4, 0.5) is 8.78 Å². The molecule has 0 radical (unpaired) electrons. The summed E-state index contributed by atoms with van der Waals surface area (Å²) in [5.41, 5.74) is 3.23. The molecule has 0 bridgehead atoms. The quantitative estimate of drug-likeness (QED) is 0.330. The van der Waals surface area contributed by atoms with Crippen molar-refractivity contribution in [2.75, 3.05) is 26.3 Å². The lowest BCUT2D eigenvalue weighted by atomic mass is 9.84. The van der Waals surface area contributed by atoms with Crippen molar-refractivity contribution in [2.24, 2.45) is 5.16 Å². The number of morpholine rings is 1. The Labute approximate surface area is 196 Å². The molecule has 4 rings (SSSR count). The highest BCUT2D eigenvalue weighted by molar-refractivity contribution is 6.01. The minimum atomic E-state index is -0.693. The van der Waals surface area contributed by atoms with Gasteiger partial charge in [-0.15, -0.1) is 0 Å². The summed E-state index contributed by atoms with van der Waals surface area (Å²) in [5, 5.41) is 13.2. The molecule has 2 aromatic carbocycles. The molecule has 8 heteroatoms. The van der Waals surface area contributed by atoms with E-state index in [1.54, 1.807) is 47.5 Å². The fraction of sp³-hybridized carbons (Fsp3) is 0.269. The third kappa shape index (κ3) is 5.28. The minimum absolute atomic E-state index is 0.0933. The van der Waals surface area contributed by atoms with Crippen molar-refractivity contribution in [3.05, 3.63) is 100 Å². The Morgan fingerprint density at radius 2 is 1.82 bits per heavy atom. The van der Waals surface area contributed by atoms with Crippen molar-refractivity contribution in [2.45, 2.75) is 19.3 Å². The Hall–Kier alpha value is -3.65. The van der Waals surface area contributed by atoms with Gasteiger partial charge in [-0.1, -0.05) is 23.4 Å². The lowest BCUT2D eigenvalue weighted by Gasteiger charge is -2.27. The molecule has 0 aliphatic carbocycles. The highest BCUT2D eigenvalue weighted by Crippen LogP contribution is 2.32. The van der Waals surface area contributed by atoms with Crippen LogP contribution >= 0.6 is 0 Å². The van der Waals surface area contributed by atoms with E-state index < -0.39 is 17.6 Å². The summed E-state index contributed by atoms with van der Waals surface area (Å²) in [6.07, 6.45) is 1.76. The molecule has 3 aromatic rings. The SMILES string of the molecule is Cc1cc(/C(CC(c2ccc(C(=O)N3CCOCC3)cc2)c2ccc(F)cc2F)=N/O)ccn1. The predicted molar refractivity (Wildman–Crippen MR) is 123 cm³/mol. The molecule has 2 heterocycles. The number of benzene rings is 2. The summed E-state index contributed by atoms with van der Waals surface area (Å²) in [5.74, 6) is -2.04. The smallest absolute Gasteiger partial charge is 0.254 e. The van der Waals surface area contributed by atoms with Gasteiger partial charge in [0.05, 0.1) is 18.9 Å². The summed E-state index contributed by atoms with van der Waals surface area (Å²) in [7, 11) is 0. The van der Waals surface area contributed by atoms with E-state index >= 15 is 0 Å². The van der Waals surface area contributed by atoms with Crippen molar-refractivity contribution in [3.8, 4) is 0 Å². The molecule has 0 saturated carbocycles. The van der Waals surface area contributed by atoms with Gasteiger partial charge in [0, 0.05) is 54.5 Å². The van der Waals surface area contributed by atoms with Crippen molar-refractivity contribution in [1.29, 1.82) is 0 Å². The van der Waals surface area contributed by atoms with Crippen LogP contribution in [0.15, 0.2) is 65.9 Å². The van der Waals surface area contributed by atoms with Gasteiger partial charge in [-0.2, -0.15) is 0 Å². The molecular weight excluding hydrogens is 440 g/mol. The molecule has 6 nitrogen and oxygen atoms in total. The largest absolute Gasteiger partial charge is 0.411 e. The van der Waals surface area contributed by atoms with Crippen LogP contribution in [-0.2, 0) is 4.74 Å². The maximum atomic E-state index is 14.8. The Bertz CT molecular complexity index is 1190. The van der Waals surface area contributed by atoms with Crippen LogP contribution in [-0.4, -0.2) is 53.0 Å². The number of carbonyl (C=O) groups is 1. The van der Waals surface area contributed by atoms with Crippen molar-refractivity contribution in [1.82, 2.24) is 9.88 Å². The third-order valence-corrected chi connectivity index (χ3v) is 5.94. The molecule has 1 aliphatic rings. The van der Waals surface area contributed by atoms with Gasteiger partial charge < -0.3 is 14.8 Å². The normalized spacial score (nSPS) is 15.3. The number of amides is 1. The number of halogens is 2. The molecule has 1 N–H and O–H groups in total. The van der Waals surface area contributed by atoms with E-state index in [-0.39, 0.29) is 17.9 Å². The number of aromatic nitrogens is 1. The minimum Gasteiger partial charge on any atom is -0.411 e. The highest BCUT2D eigenvalue weighted by atomic mass is 19.1. The zero-order valence-electron chi connectivity index (χ0n) is 18.7. The van der Waals surface area contributed by atoms with E-state index in [0.29, 0.717) is 48.7 Å². The first-order valence-electron chi connectivity index (χ1n) is 11.0. The molecule has 1 saturated heterocycles. The van der Waals surface area contributed by atoms with Gasteiger partial charge >= 0.3 is 0 Å². The predicted octanol–water partition coefficient (Wildman–Crippen LogP) is 4.54. The third-order valence-electron chi connectivity index (χ3n) is 5.94. The second-order valence-corrected chi connectivity index (χ2v) is 8.18. The first kappa shape index (κ1) is 23.5. The molecule has 1 aromatic heterocycles. The standard InChI is InChI=1S/C26H25F2N3O3/c1-17-14-20(8-9-29-17)25(30-33)16-23(22-7-6-21(27)15-24(22)28)18-2-4-19(5-3-18)26(32)31-10-12-34-13-11-31/h2-9,14-15,23,33H,10-13,16H2,1H3/b30-25+. The molecule has 1 atom stereocenters. The summed E-state index contributed by atoms with van der Waals surface area (Å²) < 4.78 is 33.7. The number of ether oxygens (including phenoxy) is 1. The van der Waals surface area contributed by atoms with Crippen LogP contribution in [0, 0.1) is 18.6 Å². The summed E-state index contributed by atoms with van der Waals surface area (Å²) in [6, 6.07) is 13.8. The molecule has 1 amide bonds. The topological polar surface area (TPSA) is 75.0 Å². The fourth-order valence-corrected chi connectivity index (χ4v) is 4.13. The van der Waals surface area contributed by atoms with Crippen LogP contribution in [0.5, 0.6) is 0 Å². The second kappa shape index (κ2) is 10.5. The van der Waals surface area contributed by atoms with Crippen LogP contribution in [0.3, 0.4) is 0 Å². The van der Waals surface area contributed by atoms with E-state index in [2.05, 4.69) is 10.1 Å². The van der Waals surface area contributed by atoms with Crippen molar-refractivity contribution >= 4 is 11.6 Å². The molecule has 34 heavy (non-hydrogen) atoms. The summed E-state index contributed by atoms with van der Waals surface area (Å²) in [4.78, 5) is 18.7. The van der Waals surface area contributed by atoms with Gasteiger partial charge in [0.1, 0.15) is 11.6 Å². The molecule has 176 valence electrons. The van der Waals surface area contributed by atoms with Gasteiger partial charge in [0.2, 0.25) is 0 Å². The average Bonchev–Trinajstić information content (AvgIpc) is 2.86. The zero-order chi connectivity index (χ0) is 24.1. The van der Waals surface area contributed by atoms with Gasteiger partial charge in [0.15, 0.2) is 0 Å². The van der Waals surface area contributed by atoms with Gasteiger partial charge in [-0.25, -0.2) is 8.78 Å². The lowest BCUT2D eigenvalue weighted by molar-refractivity contribution is 0.0303. The maximum absolute atomic E-state index is 14.8. The van der Waals surface area contributed by atoms with E-state index in [9.17, 15) is 18.8 Å².